The van der Waals surface area contributed by atoms with Crippen molar-refractivity contribution >= 4 is 41.0 Å². The summed E-state index contributed by atoms with van der Waals surface area (Å²) >= 11 is 7.61. The molecule has 0 aliphatic heterocycles. The summed E-state index contributed by atoms with van der Waals surface area (Å²) in [5, 5.41) is 1.76. The first-order valence-corrected chi connectivity index (χ1v) is 13.5. The van der Waals surface area contributed by atoms with Crippen molar-refractivity contribution in [3.8, 4) is 11.1 Å². The summed E-state index contributed by atoms with van der Waals surface area (Å²) < 4.78 is 2.65. The number of benzene rings is 1. The van der Waals surface area contributed by atoms with E-state index in [1.807, 2.05) is 0 Å². The second-order valence-electron chi connectivity index (χ2n) is 8.08. The van der Waals surface area contributed by atoms with Gasteiger partial charge in [-0.3, -0.25) is 0 Å². The third kappa shape index (κ3) is 4.67. The zero-order valence-electron chi connectivity index (χ0n) is 16.8. The van der Waals surface area contributed by atoms with Crippen LogP contribution in [0.25, 0.3) is 11.1 Å². The molecule has 1 aromatic heterocycles. The van der Waals surface area contributed by atoms with Gasteiger partial charge >= 0.3 is 0 Å². The van der Waals surface area contributed by atoms with Crippen LogP contribution in [0.15, 0.2) is 38.9 Å². The molecule has 0 atom stereocenters. The fraction of sp³-hybridized carbons (Fsp3) is 0.542. The first kappa shape index (κ1) is 21.5. The smallest absolute Gasteiger partial charge is 0.0443 e. The van der Waals surface area contributed by atoms with E-state index in [-0.39, 0.29) is 14.5 Å². The van der Waals surface area contributed by atoms with E-state index in [1.165, 1.54) is 78.3 Å². The Labute approximate surface area is 184 Å². The molecule has 0 radical (unpaired) electrons. The Hall–Kier alpha value is -0.253. The van der Waals surface area contributed by atoms with Crippen LogP contribution in [0.2, 0.25) is 0 Å². The summed E-state index contributed by atoms with van der Waals surface area (Å²) in [5.74, 6) is 0. The minimum Gasteiger partial charge on any atom is -0.0654 e. The highest BCUT2D eigenvalue weighted by Gasteiger charge is 2.42. The molecule has 1 heterocycles. The lowest BCUT2D eigenvalue weighted by atomic mass is 9.73. The number of fused-ring (bicyclic) bond motifs is 3. The Morgan fingerprint density at radius 2 is 1.41 bits per heavy atom. The fourth-order valence-corrected chi connectivity index (χ4v) is 7.59. The van der Waals surface area contributed by atoms with Gasteiger partial charge in [0.15, 0.2) is 0 Å². The van der Waals surface area contributed by atoms with Crippen molar-refractivity contribution in [1.82, 2.24) is 0 Å². The molecule has 0 spiro atoms. The molecule has 0 unspecified atom stereocenters. The van der Waals surface area contributed by atoms with E-state index in [2.05, 4.69) is 76.0 Å². The zero-order chi connectivity index (χ0) is 19.3. The topological polar surface area (TPSA) is 0 Å². The van der Waals surface area contributed by atoms with Gasteiger partial charge in [-0.2, -0.15) is 0 Å². The summed E-state index contributed by atoms with van der Waals surface area (Å²) in [7, 11) is 0.201. The molecule has 1 aliphatic rings. The lowest BCUT2D eigenvalue weighted by molar-refractivity contribution is 0.405. The molecule has 27 heavy (non-hydrogen) atoms. The van der Waals surface area contributed by atoms with E-state index in [1.54, 1.807) is 16.3 Å². The number of hydrogen-bond donors (Lipinski definition) is 0. The van der Waals surface area contributed by atoms with Crippen LogP contribution in [0.5, 0.6) is 0 Å². The van der Waals surface area contributed by atoms with Gasteiger partial charge in [-0.1, -0.05) is 115 Å². The second kappa shape index (κ2) is 9.98. The predicted octanol–water partition coefficient (Wildman–Crippen LogP) is 8.49. The molecule has 1 aliphatic carbocycles. The molecule has 1 aromatic carbocycles. The van der Waals surface area contributed by atoms with Gasteiger partial charge in [0.05, 0.1) is 0 Å². The van der Waals surface area contributed by atoms with Gasteiger partial charge in [0.25, 0.3) is 0 Å². The Balaban J connectivity index is 2.03. The van der Waals surface area contributed by atoms with Crippen molar-refractivity contribution in [1.29, 1.82) is 0 Å². The average molecular weight is 508 g/mol. The number of halogens is 2. The van der Waals surface area contributed by atoms with E-state index in [0.29, 0.717) is 0 Å². The van der Waals surface area contributed by atoms with Crippen molar-refractivity contribution in [3.05, 3.63) is 49.6 Å². The van der Waals surface area contributed by atoms with Crippen LogP contribution in [-0.2, 0) is 5.41 Å². The minimum atomic E-state index is 0.201. The SMILES string of the molecule is CCCCCCC1(CCCCCC)c2cc(Br)ccc2-c2ccc(Br)[siH]c21. The molecule has 0 saturated carbocycles. The maximum absolute atomic E-state index is 3.85. The first-order chi connectivity index (χ1) is 13.1. The molecule has 146 valence electrons. The highest BCUT2D eigenvalue weighted by molar-refractivity contribution is 9.11. The van der Waals surface area contributed by atoms with Gasteiger partial charge in [0.1, 0.15) is 0 Å². The van der Waals surface area contributed by atoms with Crippen molar-refractivity contribution < 1.29 is 0 Å². The van der Waals surface area contributed by atoms with Crippen LogP contribution in [-0.4, -0.2) is 9.12 Å². The van der Waals surface area contributed by atoms with Crippen molar-refractivity contribution in [2.75, 3.05) is 0 Å². The summed E-state index contributed by atoms with van der Waals surface area (Å²) in [5.41, 5.74) is 4.92. The second-order valence-corrected chi connectivity index (χ2v) is 12.2. The average Bonchev–Trinajstić information content (AvgIpc) is 2.92. The third-order valence-electron chi connectivity index (χ3n) is 6.20. The van der Waals surface area contributed by atoms with Crippen LogP contribution in [0.1, 0.15) is 88.8 Å². The monoisotopic (exact) mass is 506 g/mol. The number of hydrogen-bond acceptors (Lipinski definition) is 0. The molecule has 0 N–H and O–H groups in total. The minimum absolute atomic E-state index is 0.201. The Bertz CT molecular complexity index is 703. The molecular formula is C24H32Br2Si. The maximum Gasteiger partial charge on any atom is 0.0443 e. The quantitative estimate of drug-likeness (QED) is 0.223. The Kier molecular flexibility index (Phi) is 7.93. The first-order valence-electron chi connectivity index (χ1n) is 10.7. The van der Waals surface area contributed by atoms with E-state index < -0.39 is 0 Å². The summed E-state index contributed by atoms with van der Waals surface area (Å²) in [6, 6.07) is 11.7. The molecule has 3 heteroatoms. The zero-order valence-corrected chi connectivity index (χ0v) is 21.1. The number of rotatable bonds is 10. The molecule has 3 rings (SSSR count). The molecule has 0 fully saturated rings. The highest BCUT2D eigenvalue weighted by Crippen LogP contribution is 2.54. The van der Waals surface area contributed by atoms with E-state index in [4.69, 9.17) is 0 Å². The van der Waals surface area contributed by atoms with E-state index >= 15 is 0 Å². The van der Waals surface area contributed by atoms with Crippen LogP contribution in [0, 0.1) is 0 Å². The van der Waals surface area contributed by atoms with Crippen molar-refractivity contribution in [2.45, 2.75) is 83.5 Å². The van der Waals surface area contributed by atoms with Crippen LogP contribution < -0.4 is 0 Å². The highest BCUT2D eigenvalue weighted by atomic mass is 79.9. The Morgan fingerprint density at radius 3 is 2.04 bits per heavy atom. The van der Waals surface area contributed by atoms with E-state index in [0.717, 1.165) is 0 Å². The maximum atomic E-state index is 3.85. The molecular weight excluding hydrogens is 476 g/mol. The molecule has 0 saturated heterocycles. The lowest BCUT2D eigenvalue weighted by Crippen LogP contribution is -2.27. The van der Waals surface area contributed by atoms with Gasteiger partial charge in [0.2, 0.25) is 0 Å². The molecule has 2 aromatic rings. The van der Waals surface area contributed by atoms with Crippen LogP contribution in [0.4, 0.5) is 0 Å². The lowest BCUT2D eigenvalue weighted by Gasteiger charge is -2.33. The van der Waals surface area contributed by atoms with E-state index in [9.17, 15) is 0 Å². The standard InChI is InChI=1S/C24H32Br2Si/c1-3-5-7-9-15-24(16-10-8-6-4-2)21-17-18(25)11-12-19(21)20-13-14-22(26)27-23(20)24/h11-14,17,27H,3-10,15-16H2,1-2H3. The Morgan fingerprint density at radius 1 is 0.778 bits per heavy atom. The van der Waals surface area contributed by atoms with Gasteiger partial charge in [-0.05, 0) is 50.9 Å². The van der Waals surface area contributed by atoms with Gasteiger partial charge in [0, 0.05) is 19.0 Å². The summed E-state index contributed by atoms with van der Waals surface area (Å²) in [4.78, 5) is 0. The fourth-order valence-electron chi connectivity index (χ4n) is 4.81. The van der Waals surface area contributed by atoms with Crippen molar-refractivity contribution in [2.24, 2.45) is 0 Å². The predicted molar refractivity (Wildman–Crippen MR) is 128 cm³/mol. The van der Waals surface area contributed by atoms with Crippen LogP contribution in [0.3, 0.4) is 0 Å². The molecule has 0 nitrogen and oxygen atoms in total. The summed E-state index contributed by atoms with van der Waals surface area (Å²) in [6.07, 6.45) is 13.4. The molecule has 0 amide bonds. The number of unbranched alkanes of at least 4 members (excludes halogenated alkanes) is 6. The van der Waals surface area contributed by atoms with Crippen molar-refractivity contribution in [3.63, 3.8) is 0 Å². The normalized spacial score (nSPS) is 14.2. The summed E-state index contributed by atoms with van der Waals surface area (Å²) in [6.45, 7) is 4.62. The van der Waals surface area contributed by atoms with Gasteiger partial charge in [-0.15, -0.1) is 0 Å². The van der Waals surface area contributed by atoms with Crippen LogP contribution >= 0.6 is 31.9 Å². The largest absolute Gasteiger partial charge is 0.0654 e. The third-order valence-corrected chi connectivity index (χ3v) is 9.26. The van der Waals surface area contributed by atoms with Gasteiger partial charge < -0.3 is 0 Å². The molecule has 0 bridgehead atoms. The van der Waals surface area contributed by atoms with Gasteiger partial charge in [-0.25, -0.2) is 0 Å².